The van der Waals surface area contributed by atoms with Crippen molar-refractivity contribution >= 4 is 17.5 Å². The first-order valence-electron chi connectivity index (χ1n) is 6.98. The number of hydrogen-bond donors (Lipinski definition) is 2. The van der Waals surface area contributed by atoms with Crippen LogP contribution in [0.1, 0.15) is 12.8 Å². The third kappa shape index (κ3) is 4.75. The van der Waals surface area contributed by atoms with Crippen LogP contribution in [0.15, 0.2) is 24.3 Å². The minimum atomic E-state index is -0.260. The number of carbonyl (C=O) groups excluding carboxylic acids is 2. The molecule has 1 saturated heterocycles. The van der Waals surface area contributed by atoms with Gasteiger partial charge in [0.2, 0.25) is 11.8 Å². The SMILES string of the molecule is COc1cccc(NC(=O)CNC(=O)C2CCOCC2)c1. The second kappa shape index (κ2) is 7.64. The van der Waals surface area contributed by atoms with Gasteiger partial charge in [-0.1, -0.05) is 6.07 Å². The highest BCUT2D eigenvalue weighted by molar-refractivity contribution is 5.94. The Labute approximate surface area is 123 Å². The Morgan fingerprint density at radius 2 is 2.10 bits per heavy atom. The highest BCUT2D eigenvalue weighted by atomic mass is 16.5. The lowest BCUT2D eigenvalue weighted by atomic mass is 9.99. The van der Waals surface area contributed by atoms with E-state index < -0.39 is 0 Å². The average Bonchev–Trinajstić information content (AvgIpc) is 2.53. The van der Waals surface area contributed by atoms with Gasteiger partial charge < -0.3 is 20.1 Å². The largest absolute Gasteiger partial charge is 0.497 e. The van der Waals surface area contributed by atoms with Gasteiger partial charge in [0, 0.05) is 30.9 Å². The summed E-state index contributed by atoms with van der Waals surface area (Å²) in [6.45, 7) is 1.18. The molecule has 0 radical (unpaired) electrons. The predicted molar refractivity (Wildman–Crippen MR) is 78.2 cm³/mol. The number of anilines is 1. The summed E-state index contributed by atoms with van der Waals surface area (Å²) >= 11 is 0. The third-order valence-corrected chi connectivity index (χ3v) is 3.37. The second-order valence-electron chi connectivity index (χ2n) is 4.88. The summed E-state index contributed by atoms with van der Waals surface area (Å²) in [6.07, 6.45) is 1.42. The van der Waals surface area contributed by atoms with Crippen molar-refractivity contribution in [3.8, 4) is 5.75 Å². The maximum atomic E-state index is 11.9. The van der Waals surface area contributed by atoms with Crippen LogP contribution < -0.4 is 15.4 Å². The fourth-order valence-corrected chi connectivity index (χ4v) is 2.18. The predicted octanol–water partition coefficient (Wildman–Crippen LogP) is 1.18. The van der Waals surface area contributed by atoms with Crippen molar-refractivity contribution in [2.45, 2.75) is 12.8 Å². The lowest BCUT2D eigenvalue weighted by Gasteiger charge is -2.21. The molecule has 2 rings (SSSR count). The Hall–Kier alpha value is -2.08. The minimum Gasteiger partial charge on any atom is -0.497 e. The van der Waals surface area contributed by atoms with Crippen LogP contribution in [0.4, 0.5) is 5.69 Å². The number of rotatable bonds is 5. The quantitative estimate of drug-likeness (QED) is 0.854. The van der Waals surface area contributed by atoms with Crippen molar-refractivity contribution < 1.29 is 19.1 Å². The van der Waals surface area contributed by atoms with Crippen LogP contribution in [0.2, 0.25) is 0 Å². The van der Waals surface area contributed by atoms with Crippen LogP contribution >= 0.6 is 0 Å². The van der Waals surface area contributed by atoms with E-state index in [1.165, 1.54) is 0 Å². The van der Waals surface area contributed by atoms with Crippen LogP contribution in [0, 0.1) is 5.92 Å². The van der Waals surface area contributed by atoms with E-state index in [0.717, 1.165) is 0 Å². The molecule has 1 heterocycles. The molecule has 114 valence electrons. The molecular weight excluding hydrogens is 272 g/mol. The summed E-state index contributed by atoms with van der Waals surface area (Å²) in [7, 11) is 1.56. The Morgan fingerprint density at radius 1 is 1.33 bits per heavy atom. The number of nitrogens with one attached hydrogen (secondary N) is 2. The standard InChI is InChI=1S/C15H20N2O4/c1-20-13-4-2-3-12(9-13)17-14(18)10-16-15(19)11-5-7-21-8-6-11/h2-4,9,11H,5-8,10H2,1H3,(H,16,19)(H,17,18). The number of hydrogen-bond acceptors (Lipinski definition) is 4. The fraction of sp³-hybridized carbons (Fsp3) is 0.467. The van der Waals surface area contributed by atoms with E-state index in [9.17, 15) is 9.59 Å². The van der Waals surface area contributed by atoms with Gasteiger partial charge in [-0.2, -0.15) is 0 Å². The highest BCUT2D eigenvalue weighted by Gasteiger charge is 2.21. The van der Waals surface area contributed by atoms with Gasteiger partial charge in [-0.15, -0.1) is 0 Å². The van der Waals surface area contributed by atoms with Gasteiger partial charge in [0.1, 0.15) is 5.75 Å². The monoisotopic (exact) mass is 292 g/mol. The van der Waals surface area contributed by atoms with Crippen molar-refractivity contribution in [3.63, 3.8) is 0 Å². The van der Waals surface area contributed by atoms with E-state index in [0.29, 0.717) is 37.5 Å². The zero-order valence-corrected chi connectivity index (χ0v) is 12.1. The fourth-order valence-electron chi connectivity index (χ4n) is 2.18. The highest BCUT2D eigenvalue weighted by Crippen LogP contribution is 2.16. The molecule has 2 amide bonds. The smallest absolute Gasteiger partial charge is 0.243 e. The number of methoxy groups -OCH3 is 1. The molecule has 2 N–H and O–H groups in total. The summed E-state index contributed by atoms with van der Waals surface area (Å²) < 4.78 is 10.3. The normalized spacial score (nSPS) is 15.3. The van der Waals surface area contributed by atoms with E-state index in [1.54, 1.807) is 31.4 Å². The average molecular weight is 292 g/mol. The van der Waals surface area contributed by atoms with Crippen molar-refractivity contribution in [2.75, 3.05) is 32.2 Å². The van der Waals surface area contributed by atoms with Crippen molar-refractivity contribution in [2.24, 2.45) is 5.92 Å². The molecule has 0 unspecified atom stereocenters. The van der Waals surface area contributed by atoms with Crippen LogP contribution in [0.25, 0.3) is 0 Å². The zero-order chi connectivity index (χ0) is 15.1. The number of ether oxygens (including phenoxy) is 2. The number of amides is 2. The second-order valence-corrected chi connectivity index (χ2v) is 4.88. The molecule has 6 heteroatoms. The summed E-state index contributed by atoms with van der Waals surface area (Å²) in [6, 6.07) is 7.07. The van der Waals surface area contributed by atoms with E-state index in [1.807, 2.05) is 0 Å². The molecule has 6 nitrogen and oxygen atoms in total. The minimum absolute atomic E-state index is 0.0343. The molecule has 0 atom stereocenters. The molecule has 0 bridgehead atoms. The first-order chi connectivity index (χ1) is 10.2. The molecule has 0 spiro atoms. The molecule has 0 aliphatic carbocycles. The Bertz CT molecular complexity index is 498. The molecule has 1 aromatic carbocycles. The molecule has 0 saturated carbocycles. The van der Waals surface area contributed by atoms with Crippen LogP contribution in [-0.2, 0) is 14.3 Å². The van der Waals surface area contributed by atoms with E-state index >= 15 is 0 Å². The van der Waals surface area contributed by atoms with Crippen LogP contribution in [0.5, 0.6) is 5.75 Å². The topological polar surface area (TPSA) is 76.7 Å². The van der Waals surface area contributed by atoms with Gasteiger partial charge in [0.05, 0.1) is 13.7 Å². The zero-order valence-electron chi connectivity index (χ0n) is 12.1. The van der Waals surface area contributed by atoms with Crippen molar-refractivity contribution in [3.05, 3.63) is 24.3 Å². The van der Waals surface area contributed by atoms with E-state index in [-0.39, 0.29) is 24.3 Å². The number of carbonyl (C=O) groups is 2. The third-order valence-electron chi connectivity index (χ3n) is 3.37. The number of benzene rings is 1. The summed E-state index contributed by atoms with van der Waals surface area (Å²) in [5.74, 6) is 0.269. The molecule has 0 aromatic heterocycles. The molecule has 1 aromatic rings. The Kier molecular flexibility index (Phi) is 5.57. The maximum Gasteiger partial charge on any atom is 0.243 e. The van der Waals surface area contributed by atoms with Crippen molar-refractivity contribution in [1.29, 1.82) is 0 Å². The Balaban J connectivity index is 1.77. The Morgan fingerprint density at radius 3 is 2.81 bits per heavy atom. The first kappa shape index (κ1) is 15.3. The molecule has 1 aliphatic rings. The summed E-state index contributed by atoms with van der Waals surface area (Å²) in [5, 5.41) is 5.38. The molecular formula is C15H20N2O4. The lowest BCUT2D eigenvalue weighted by Crippen LogP contribution is -2.38. The summed E-state index contributed by atoms with van der Waals surface area (Å²) in [5.41, 5.74) is 0.639. The van der Waals surface area contributed by atoms with Gasteiger partial charge in [0.15, 0.2) is 0 Å². The van der Waals surface area contributed by atoms with Gasteiger partial charge in [0.25, 0.3) is 0 Å². The summed E-state index contributed by atoms with van der Waals surface area (Å²) in [4.78, 5) is 23.7. The first-order valence-corrected chi connectivity index (χ1v) is 6.98. The van der Waals surface area contributed by atoms with Crippen molar-refractivity contribution in [1.82, 2.24) is 5.32 Å². The molecule has 1 aliphatic heterocycles. The molecule has 1 fully saturated rings. The van der Waals surface area contributed by atoms with Gasteiger partial charge in [-0.05, 0) is 25.0 Å². The lowest BCUT2D eigenvalue weighted by molar-refractivity contribution is -0.129. The molecule has 21 heavy (non-hydrogen) atoms. The van der Waals surface area contributed by atoms with Gasteiger partial charge >= 0.3 is 0 Å². The van der Waals surface area contributed by atoms with Gasteiger partial charge in [-0.25, -0.2) is 0 Å². The van der Waals surface area contributed by atoms with Crippen LogP contribution in [0.3, 0.4) is 0 Å². The van der Waals surface area contributed by atoms with Crippen LogP contribution in [-0.4, -0.2) is 38.7 Å². The van der Waals surface area contributed by atoms with E-state index in [4.69, 9.17) is 9.47 Å². The maximum absolute atomic E-state index is 11.9. The van der Waals surface area contributed by atoms with E-state index in [2.05, 4.69) is 10.6 Å². The van der Waals surface area contributed by atoms with Gasteiger partial charge in [-0.3, -0.25) is 9.59 Å².